The predicted molar refractivity (Wildman–Crippen MR) is 136 cm³/mol. The molecule has 0 saturated carbocycles. The maximum atomic E-state index is 12.2. The SMILES string of the molecule is CC(C)(C)OC(=O)CCC1Cc2cc(-c3noc(-c4ccc(Cl)c(S(C)(=O)=O)c4)n3)ccc2N1C(=O)O. The lowest BCUT2D eigenvalue weighted by Crippen LogP contribution is -2.37. The summed E-state index contributed by atoms with van der Waals surface area (Å²) in [6, 6.07) is 9.13. The van der Waals surface area contributed by atoms with E-state index in [1.807, 2.05) is 0 Å². The van der Waals surface area contributed by atoms with Crippen LogP contribution in [0.25, 0.3) is 22.8 Å². The van der Waals surface area contributed by atoms with Crippen molar-refractivity contribution in [2.24, 2.45) is 0 Å². The number of fused-ring (bicyclic) bond motifs is 1. The van der Waals surface area contributed by atoms with E-state index in [2.05, 4.69) is 10.1 Å². The molecule has 0 fully saturated rings. The number of carboxylic acid groups (broad SMARTS) is 1. The van der Waals surface area contributed by atoms with Gasteiger partial charge < -0.3 is 14.4 Å². The number of rotatable bonds is 6. The number of hydrogen-bond donors (Lipinski definition) is 1. The summed E-state index contributed by atoms with van der Waals surface area (Å²) in [5.41, 5.74) is 1.68. The van der Waals surface area contributed by atoms with Crippen LogP contribution in [0.2, 0.25) is 5.02 Å². The van der Waals surface area contributed by atoms with Crippen molar-refractivity contribution in [2.45, 2.75) is 56.6 Å². The third kappa shape index (κ3) is 5.94. The van der Waals surface area contributed by atoms with Crippen LogP contribution in [0.5, 0.6) is 0 Å². The lowest BCUT2D eigenvalue weighted by atomic mass is 10.0. The summed E-state index contributed by atoms with van der Waals surface area (Å²) >= 11 is 6.02. The number of anilines is 1. The summed E-state index contributed by atoms with van der Waals surface area (Å²) in [5, 5.41) is 13.9. The maximum Gasteiger partial charge on any atom is 0.412 e. The third-order valence-corrected chi connectivity index (χ3v) is 7.31. The molecule has 12 heteroatoms. The Labute approximate surface area is 219 Å². The number of ether oxygens (including phenoxy) is 1. The van der Waals surface area contributed by atoms with Gasteiger partial charge in [0.1, 0.15) is 5.60 Å². The van der Waals surface area contributed by atoms with Crippen LogP contribution in [0.4, 0.5) is 10.5 Å². The van der Waals surface area contributed by atoms with Gasteiger partial charge in [-0.2, -0.15) is 4.98 Å². The minimum absolute atomic E-state index is 0.0462. The first-order valence-corrected chi connectivity index (χ1v) is 13.7. The number of nitrogens with zero attached hydrogens (tertiary/aromatic N) is 3. The zero-order chi connectivity index (χ0) is 27.1. The van der Waals surface area contributed by atoms with Crippen molar-refractivity contribution < 1.29 is 32.4 Å². The molecular weight excluding hydrogens is 522 g/mol. The van der Waals surface area contributed by atoms with E-state index in [4.69, 9.17) is 20.9 Å². The Morgan fingerprint density at radius 2 is 1.89 bits per heavy atom. The largest absolute Gasteiger partial charge is 0.465 e. The van der Waals surface area contributed by atoms with Crippen LogP contribution in [0.3, 0.4) is 0 Å². The number of aromatic nitrogens is 2. The molecule has 1 aliphatic heterocycles. The fourth-order valence-electron chi connectivity index (χ4n) is 4.21. The van der Waals surface area contributed by atoms with Crippen molar-refractivity contribution in [1.29, 1.82) is 0 Å². The predicted octanol–water partition coefficient (Wildman–Crippen LogP) is 4.99. The van der Waals surface area contributed by atoms with Gasteiger partial charge in [0.15, 0.2) is 9.84 Å². The van der Waals surface area contributed by atoms with Gasteiger partial charge >= 0.3 is 12.1 Å². The fraction of sp³-hybridized carbons (Fsp3) is 0.360. The number of halogens is 1. The number of benzene rings is 2. The Balaban J connectivity index is 1.56. The highest BCUT2D eigenvalue weighted by Crippen LogP contribution is 2.37. The lowest BCUT2D eigenvalue weighted by molar-refractivity contribution is -0.155. The summed E-state index contributed by atoms with van der Waals surface area (Å²) < 4.78 is 34.7. The molecule has 196 valence electrons. The van der Waals surface area contributed by atoms with Crippen molar-refractivity contribution >= 4 is 39.2 Å². The molecule has 1 unspecified atom stereocenters. The minimum Gasteiger partial charge on any atom is -0.465 e. The summed E-state index contributed by atoms with van der Waals surface area (Å²) in [5.74, 6) is -0.0118. The second-order valence-electron chi connectivity index (χ2n) is 9.82. The average molecular weight is 548 g/mol. The lowest BCUT2D eigenvalue weighted by Gasteiger charge is -2.23. The summed E-state index contributed by atoms with van der Waals surface area (Å²) in [6.45, 7) is 5.34. The van der Waals surface area contributed by atoms with Crippen LogP contribution in [0.1, 0.15) is 39.2 Å². The van der Waals surface area contributed by atoms with E-state index in [1.54, 1.807) is 45.0 Å². The van der Waals surface area contributed by atoms with Crippen molar-refractivity contribution in [3.05, 3.63) is 47.0 Å². The Morgan fingerprint density at radius 3 is 2.54 bits per heavy atom. The number of carbonyl (C=O) groups excluding carboxylic acids is 1. The van der Waals surface area contributed by atoms with Crippen LogP contribution < -0.4 is 4.90 Å². The molecule has 0 spiro atoms. The van der Waals surface area contributed by atoms with E-state index in [0.29, 0.717) is 29.7 Å². The van der Waals surface area contributed by atoms with E-state index in [9.17, 15) is 23.1 Å². The molecule has 4 rings (SSSR count). The number of esters is 1. The normalized spacial score (nSPS) is 15.5. The number of hydrogen-bond acceptors (Lipinski definition) is 8. The molecule has 1 aliphatic rings. The smallest absolute Gasteiger partial charge is 0.412 e. The summed E-state index contributed by atoms with van der Waals surface area (Å²) in [6.07, 6.45) is 0.779. The molecule has 1 N–H and O–H groups in total. The highest BCUT2D eigenvalue weighted by atomic mass is 35.5. The second kappa shape index (κ2) is 9.79. The maximum absolute atomic E-state index is 12.2. The van der Waals surface area contributed by atoms with Crippen molar-refractivity contribution in [1.82, 2.24) is 10.1 Å². The Morgan fingerprint density at radius 1 is 1.19 bits per heavy atom. The highest BCUT2D eigenvalue weighted by molar-refractivity contribution is 7.90. The molecule has 2 aromatic carbocycles. The number of amides is 1. The van der Waals surface area contributed by atoms with Gasteiger partial charge in [0, 0.05) is 29.8 Å². The van der Waals surface area contributed by atoms with Gasteiger partial charge in [-0.05, 0) is 75.6 Å². The average Bonchev–Trinajstić information content (AvgIpc) is 3.40. The van der Waals surface area contributed by atoms with Gasteiger partial charge in [0.25, 0.3) is 5.89 Å². The standard InChI is InChI=1S/C25H26ClN3O7S/c1-25(2,3)35-21(30)10-7-17-12-16-11-14(6-9-19(16)29(17)24(31)32)22-27-23(36-28-22)15-5-8-18(26)20(13-15)37(4,33)34/h5-6,8-9,11,13,17H,7,10,12H2,1-4H3,(H,31,32). The first-order valence-electron chi connectivity index (χ1n) is 11.4. The topological polar surface area (TPSA) is 140 Å². The zero-order valence-electron chi connectivity index (χ0n) is 20.7. The van der Waals surface area contributed by atoms with E-state index < -0.39 is 27.6 Å². The van der Waals surface area contributed by atoms with E-state index in [1.165, 1.54) is 17.0 Å². The molecule has 1 atom stereocenters. The molecule has 0 radical (unpaired) electrons. The molecule has 10 nitrogen and oxygen atoms in total. The van der Waals surface area contributed by atoms with Gasteiger partial charge in [-0.15, -0.1) is 0 Å². The van der Waals surface area contributed by atoms with Crippen LogP contribution in [-0.4, -0.2) is 53.6 Å². The van der Waals surface area contributed by atoms with Crippen LogP contribution in [-0.2, 0) is 25.8 Å². The first-order chi connectivity index (χ1) is 17.2. The number of sulfone groups is 1. The van der Waals surface area contributed by atoms with Gasteiger partial charge in [-0.25, -0.2) is 13.2 Å². The summed E-state index contributed by atoms with van der Waals surface area (Å²) in [7, 11) is -3.56. The van der Waals surface area contributed by atoms with Crippen molar-refractivity contribution in [2.75, 3.05) is 11.2 Å². The van der Waals surface area contributed by atoms with E-state index >= 15 is 0 Å². The Kier molecular flexibility index (Phi) is 7.04. The first kappa shape index (κ1) is 26.6. The summed E-state index contributed by atoms with van der Waals surface area (Å²) in [4.78, 5) is 29.8. The molecule has 0 aliphatic carbocycles. The molecule has 37 heavy (non-hydrogen) atoms. The number of carbonyl (C=O) groups is 2. The van der Waals surface area contributed by atoms with Gasteiger partial charge in [0.05, 0.1) is 15.6 Å². The molecule has 0 saturated heterocycles. The zero-order valence-corrected chi connectivity index (χ0v) is 22.3. The van der Waals surface area contributed by atoms with E-state index in [0.717, 1.165) is 11.8 Å². The molecular formula is C25H26ClN3O7S. The molecule has 0 bridgehead atoms. The van der Waals surface area contributed by atoms with Crippen LogP contribution >= 0.6 is 11.6 Å². The van der Waals surface area contributed by atoms with Gasteiger partial charge in [0.2, 0.25) is 5.82 Å². The minimum atomic E-state index is -3.56. The Hall–Kier alpha value is -3.44. The van der Waals surface area contributed by atoms with Gasteiger partial charge in [-0.1, -0.05) is 16.8 Å². The van der Waals surface area contributed by atoms with Gasteiger partial charge in [-0.3, -0.25) is 9.69 Å². The molecule has 3 aromatic rings. The van der Waals surface area contributed by atoms with Crippen molar-refractivity contribution in [3.63, 3.8) is 0 Å². The van der Waals surface area contributed by atoms with Crippen LogP contribution in [0.15, 0.2) is 45.8 Å². The molecule has 2 heterocycles. The Bertz CT molecular complexity index is 1480. The third-order valence-electron chi connectivity index (χ3n) is 5.73. The monoisotopic (exact) mass is 547 g/mol. The fourth-order valence-corrected chi connectivity index (χ4v) is 5.51. The molecule has 1 aromatic heterocycles. The van der Waals surface area contributed by atoms with Crippen molar-refractivity contribution in [3.8, 4) is 22.8 Å². The quantitative estimate of drug-likeness (QED) is 0.422. The van der Waals surface area contributed by atoms with Crippen LogP contribution in [0, 0.1) is 0 Å². The molecule has 1 amide bonds. The second-order valence-corrected chi connectivity index (χ2v) is 12.2. The van der Waals surface area contributed by atoms with E-state index in [-0.39, 0.29) is 34.0 Å². The highest BCUT2D eigenvalue weighted by Gasteiger charge is 2.35.